The molecule has 2 rings (SSSR count). The standard InChI is InChI=1S/C16H19FN2O2S/c1-11(6-7-20)9-18-16(21)14-10-22-15(19-14)8-12-2-4-13(17)5-3-12/h2-5,10-11,20H,6-9H2,1H3,(H,18,21). The van der Waals surface area contributed by atoms with E-state index in [0.29, 0.717) is 25.1 Å². The van der Waals surface area contributed by atoms with Crippen LogP contribution in [0, 0.1) is 11.7 Å². The predicted molar refractivity (Wildman–Crippen MR) is 84.5 cm³/mol. The number of carbonyl (C=O) groups excluding carboxylic acids is 1. The molecule has 0 bridgehead atoms. The van der Waals surface area contributed by atoms with E-state index in [9.17, 15) is 9.18 Å². The molecule has 1 aromatic heterocycles. The smallest absolute Gasteiger partial charge is 0.270 e. The molecule has 0 fully saturated rings. The first kappa shape index (κ1) is 16.6. The molecule has 0 aliphatic heterocycles. The van der Waals surface area contributed by atoms with Gasteiger partial charge in [0.25, 0.3) is 5.91 Å². The van der Waals surface area contributed by atoms with Crippen LogP contribution in [0.5, 0.6) is 0 Å². The van der Waals surface area contributed by atoms with E-state index in [4.69, 9.17) is 5.11 Å². The topological polar surface area (TPSA) is 62.2 Å². The van der Waals surface area contributed by atoms with Crippen LogP contribution in [0.1, 0.15) is 34.4 Å². The molecule has 0 saturated carbocycles. The number of nitrogens with zero attached hydrogens (tertiary/aromatic N) is 1. The van der Waals surface area contributed by atoms with Crippen LogP contribution in [-0.2, 0) is 6.42 Å². The van der Waals surface area contributed by atoms with Crippen LogP contribution < -0.4 is 5.32 Å². The number of benzene rings is 1. The zero-order chi connectivity index (χ0) is 15.9. The highest BCUT2D eigenvalue weighted by Gasteiger charge is 2.12. The molecule has 4 nitrogen and oxygen atoms in total. The Balaban J connectivity index is 1.90. The van der Waals surface area contributed by atoms with Gasteiger partial charge in [0.15, 0.2) is 0 Å². The number of aliphatic hydroxyl groups excluding tert-OH is 1. The van der Waals surface area contributed by atoms with Gasteiger partial charge in [0.1, 0.15) is 11.5 Å². The number of halogens is 1. The van der Waals surface area contributed by atoms with Gasteiger partial charge in [-0.1, -0.05) is 19.1 Å². The Bertz CT molecular complexity index is 613. The SMILES string of the molecule is CC(CCO)CNC(=O)c1csc(Cc2ccc(F)cc2)n1. The molecule has 118 valence electrons. The molecule has 22 heavy (non-hydrogen) atoms. The average Bonchev–Trinajstić information content (AvgIpc) is 2.96. The average molecular weight is 322 g/mol. The quantitative estimate of drug-likeness (QED) is 0.824. The summed E-state index contributed by atoms with van der Waals surface area (Å²) < 4.78 is 12.9. The number of amides is 1. The second-order valence-electron chi connectivity index (χ2n) is 5.26. The highest BCUT2D eigenvalue weighted by Crippen LogP contribution is 2.15. The Morgan fingerprint density at radius 3 is 2.82 bits per heavy atom. The van der Waals surface area contributed by atoms with Gasteiger partial charge in [-0.2, -0.15) is 0 Å². The van der Waals surface area contributed by atoms with E-state index in [1.165, 1.54) is 23.5 Å². The summed E-state index contributed by atoms with van der Waals surface area (Å²) in [6.07, 6.45) is 1.24. The van der Waals surface area contributed by atoms with Crippen LogP contribution in [0.25, 0.3) is 0 Å². The van der Waals surface area contributed by atoms with E-state index < -0.39 is 0 Å². The molecule has 2 N–H and O–H groups in total. The predicted octanol–water partition coefficient (Wildman–Crippen LogP) is 2.62. The molecule has 0 saturated heterocycles. The van der Waals surface area contributed by atoms with Crippen molar-refractivity contribution in [3.05, 3.63) is 51.7 Å². The highest BCUT2D eigenvalue weighted by atomic mass is 32.1. The molecule has 2 aromatic rings. The first-order valence-electron chi connectivity index (χ1n) is 7.16. The Labute approximate surface area is 133 Å². The summed E-state index contributed by atoms with van der Waals surface area (Å²) in [5.74, 6) is -0.238. The van der Waals surface area contributed by atoms with E-state index in [1.807, 2.05) is 6.92 Å². The van der Waals surface area contributed by atoms with E-state index in [2.05, 4.69) is 10.3 Å². The largest absolute Gasteiger partial charge is 0.396 e. The number of nitrogens with one attached hydrogen (secondary N) is 1. The van der Waals surface area contributed by atoms with Gasteiger partial charge < -0.3 is 10.4 Å². The van der Waals surface area contributed by atoms with Crippen molar-refractivity contribution in [1.82, 2.24) is 10.3 Å². The van der Waals surface area contributed by atoms with E-state index in [1.54, 1.807) is 17.5 Å². The van der Waals surface area contributed by atoms with Crippen molar-refractivity contribution < 1.29 is 14.3 Å². The van der Waals surface area contributed by atoms with Crippen molar-refractivity contribution >= 4 is 17.2 Å². The van der Waals surface area contributed by atoms with Crippen molar-refractivity contribution in [3.63, 3.8) is 0 Å². The van der Waals surface area contributed by atoms with Gasteiger partial charge in [0, 0.05) is 25.0 Å². The molecular weight excluding hydrogens is 303 g/mol. The number of rotatable bonds is 7. The minimum Gasteiger partial charge on any atom is -0.396 e. The molecule has 0 aliphatic rings. The van der Waals surface area contributed by atoms with Crippen molar-refractivity contribution in [2.45, 2.75) is 19.8 Å². The summed E-state index contributed by atoms with van der Waals surface area (Å²) in [7, 11) is 0. The molecule has 1 atom stereocenters. The summed E-state index contributed by atoms with van der Waals surface area (Å²) in [5, 5.41) is 14.2. The lowest BCUT2D eigenvalue weighted by Gasteiger charge is -2.09. The molecule has 0 spiro atoms. The third-order valence-corrected chi connectivity index (χ3v) is 4.13. The number of hydrogen-bond acceptors (Lipinski definition) is 4. The fourth-order valence-electron chi connectivity index (χ4n) is 1.95. The number of aliphatic hydroxyl groups is 1. The lowest BCUT2D eigenvalue weighted by atomic mass is 10.1. The maximum Gasteiger partial charge on any atom is 0.270 e. The first-order chi connectivity index (χ1) is 10.6. The third-order valence-electron chi connectivity index (χ3n) is 3.29. The van der Waals surface area contributed by atoms with Crippen LogP contribution in [-0.4, -0.2) is 29.1 Å². The minimum absolute atomic E-state index is 0.121. The summed E-state index contributed by atoms with van der Waals surface area (Å²) in [4.78, 5) is 16.3. The van der Waals surface area contributed by atoms with Crippen molar-refractivity contribution in [1.29, 1.82) is 0 Å². The second kappa shape index (κ2) is 8.00. The molecule has 6 heteroatoms. The van der Waals surface area contributed by atoms with Gasteiger partial charge in [0.2, 0.25) is 0 Å². The van der Waals surface area contributed by atoms with Crippen molar-refractivity contribution in [2.24, 2.45) is 5.92 Å². The van der Waals surface area contributed by atoms with Gasteiger partial charge in [0.05, 0.1) is 5.01 Å². The van der Waals surface area contributed by atoms with Crippen LogP contribution in [0.3, 0.4) is 0 Å². The van der Waals surface area contributed by atoms with Gasteiger partial charge in [-0.05, 0) is 30.0 Å². The Kier molecular flexibility index (Phi) is 6.03. The molecular formula is C16H19FN2O2S. The summed E-state index contributed by atoms with van der Waals surface area (Å²) in [6, 6.07) is 6.26. The van der Waals surface area contributed by atoms with Gasteiger partial charge >= 0.3 is 0 Å². The highest BCUT2D eigenvalue weighted by molar-refractivity contribution is 7.09. The maximum absolute atomic E-state index is 12.9. The fraction of sp³-hybridized carbons (Fsp3) is 0.375. The summed E-state index contributed by atoms with van der Waals surface area (Å²) in [6.45, 7) is 2.61. The van der Waals surface area contributed by atoms with Gasteiger partial charge in [-0.15, -0.1) is 11.3 Å². The molecule has 0 radical (unpaired) electrons. The fourth-order valence-corrected chi connectivity index (χ4v) is 2.76. The van der Waals surface area contributed by atoms with Crippen LogP contribution in [0.2, 0.25) is 0 Å². The van der Waals surface area contributed by atoms with E-state index in [0.717, 1.165) is 10.6 Å². The van der Waals surface area contributed by atoms with Crippen molar-refractivity contribution in [3.8, 4) is 0 Å². The molecule has 1 unspecified atom stereocenters. The third kappa shape index (κ3) is 4.89. The Morgan fingerprint density at radius 1 is 1.41 bits per heavy atom. The zero-order valence-corrected chi connectivity index (χ0v) is 13.2. The lowest BCUT2D eigenvalue weighted by molar-refractivity contribution is 0.0941. The molecule has 0 aliphatic carbocycles. The minimum atomic E-state index is -0.264. The van der Waals surface area contributed by atoms with E-state index in [-0.39, 0.29) is 24.2 Å². The van der Waals surface area contributed by atoms with Crippen LogP contribution >= 0.6 is 11.3 Å². The first-order valence-corrected chi connectivity index (χ1v) is 8.04. The van der Waals surface area contributed by atoms with Crippen LogP contribution in [0.15, 0.2) is 29.6 Å². The van der Waals surface area contributed by atoms with Gasteiger partial charge in [-0.3, -0.25) is 4.79 Å². The normalized spacial score (nSPS) is 12.1. The summed E-state index contributed by atoms with van der Waals surface area (Å²) >= 11 is 1.42. The molecule has 1 aromatic carbocycles. The van der Waals surface area contributed by atoms with E-state index >= 15 is 0 Å². The number of aromatic nitrogens is 1. The van der Waals surface area contributed by atoms with Crippen molar-refractivity contribution in [2.75, 3.05) is 13.2 Å². The maximum atomic E-state index is 12.9. The van der Waals surface area contributed by atoms with Crippen LogP contribution in [0.4, 0.5) is 4.39 Å². The second-order valence-corrected chi connectivity index (χ2v) is 6.20. The number of carbonyl (C=O) groups is 1. The molecule has 1 amide bonds. The lowest BCUT2D eigenvalue weighted by Crippen LogP contribution is -2.28. The Morgan fingerprint density at radius 2 is 2.14 bits per heavy atom. The zero-order valence-electron chi connectivity index (χ0n) is 12.4. The Hall–Kier alpha value is -1.79. The van der Waals surface area contributed by atoms with Gasteiger partial charge in [-0.25, -0.2) is 9.37 Å². The number of hydrogen-bond donors (Lipinski definition) is 2. The molecule has 1 heterocycles. The number of thiazole rings is 1. The monoisotopic (exact) mass is 322 g/mol. The summed E-state index contributed by atoms with van der Waals surface area (Å²) in [5.41, 5.74) is 1.36.